The minimum absolute atomic E-state index is 0.103. The van der Waals surface area contributed by atoms with Crippen molar-refractivity contribution in [2.45, 2.75) is 19.4 Å². The third kappa shape index (κ3) is 2.67. The van der Waals surface area contributed by atoms with Gasteiger partial charge in [0, 0.05) is 11.3 Å². The van der Waals surface area contributed by atoms with E-state index in [2.05, 4.69) is 19.1 Å². The van der Waals surface area contributed by atoms with Crippen molar-refractivity contribution in [3.8, 4) is 0 Å². The molecule has 1 unspecified atom stereocenters. The van der Waals surface area contributed by atoms with E-state index in [9.17, 15) is 4.79 Å². The molecule has 3 heteroatoms. The van der Waals surface area contributed by atoms with Gasteiger partial charge in [-0.1, -0.05) is 61.5 Å². The second kappa shape index (κ2) is 6.08. The van der Waals surface area contributed by atoms with Crippen LogP contribution >= 0.6 is 0 Å². The van der Waals surface area contributed by atoms with E-state index < -0.39 is 0 Å². The molecule has 0 radical (unpaired) electrons. The van der Waals surface area contributed by atoms with Gasteiger partial charge in [-0.2, -0.15) is 0 Å². The van der Waals surface area contributed by atoms with Gasteiger partial charge in [-0.25, -0.2) is 4.98 Å². The molecule has 1 aromatic heterocycles. The molecule has 2 heterocycles. The van der Waals surface area contributed by atoms with Gasteiger partial charge in [0.1, 0.15) is 6.10 Å². The normalized spacial score (nSPS) is 23.4. The molecule has 24 heavy (non-hydrogen) atoms. The van der Waals surface area contributed by atoms with Crippen molar-refractivity contribution >= 4 is 16.9 Å². The zero-order valence-electron chi connectivity index (χ0n) is 13.6. The molecule has 1 aliphatic rings. The smallest absolute Gasteiger partial charge is 0.310 e. The lowest BCUT2D eigenvalue weighted by atomic mass is 9.86. The first-order chi connectivity index (χ1) is 11.7. The molecular formula is C21H19NO2. The fourth-order valence-electron chi connectivity index (χ4n) is 3.45. The summed E-state index contributed by atoms with van der Waals surface area (Å²) in [7, 11) is 0. The van der Waals surface area contributed by atoms with Crippen LogP contribution < -0.4 is 0 Å². The molecular weight excluding hydrogens is 298 g/mol. The van der Waals surface area contributed by atoms with E-state index in [4.69, 9.17) is 9.72 Å². The zero-order valence-corrected chi connectivity index (χ0v) is 13.6. The molecule has 3 aromatic rings. The monoisotopic (exact) mass is 317 g/mol. The number of cyclic esters (lactones) is 1. The Kier molecular flexibility index (Phi) is 3.77. The molecule has 1 saturated heterocycles. The summed E-state index contributed by atoms with van der Waals surface area (Å²) in [5.41, 5.74) is 2.94. The Labute approximate surface area is 141 Å². The van der Waals surface area contributed by atoms with Crippen molar-refractivity contribution in [2.24, 2.45) is 11.8 Å². The molecule has 4 rings (SSSR count). The van der Waals surface area contributed by atoms with Crippen LogP contribution in [0.1, 0.15) is 24.3 Å². The summed E-state index contributed by atoms with van der Waals surface area (Å²) in [6.45, 7) is 2.08. The van der Waals surface area contributed by atoms with Crippen LogP contribution in [0, 0.1) is 11.8 Å². The number of hydrogen-bond donors (Lipinski definition) is 0. The van der Waals surface area contributed by atoms with Crippen molar-refractivity contribution in [2.75, 3.05) is 0 Å². The number of rotatable bonds is 3. The molecule has 3 atom stereocenters. The van der Waals surface area contributed by atoms with Gasteiger partial charge < -0.3 is 4.74 Å². The van der Waals surface area contributed by atoms with Crippen LogP contribution in [0.25, 0.3) is 10.9 Å². The van der Waals surface area contributed by atoms with Crippen molar-refractivity contribution in [3.63, 3.8) is 0 Å². The standard InChI is InChI=1S/C21H19NO2/c1-14-17(13-15-7-3-2-4-8-15)21(23)24-20(14)19-12-11-16-9-5-6-10-18(16)22-19/h2-12,14,17,20H,13H2,1H3/t14-,17?,20-/m1/s1. The molecule has 0 amide bonds. The minimum atomic E-state index is -0.268. The number of carbonyl (C=O) groups is 1. The average molecular weight is 317 g/mol. The Morgan fingerprint density at radius 2 is 1.71 bits per heavy atom. The first kappa shape index (κ1) is 14.9. The maximum absolute atomic E-state index is 12.4. The second-order valence-corrected chi connectivity index (χ2v) is 6.44. The predicted octanol–water partition coefficient (Wildman–Crippen LogP) is 4.33. The Morgan fingerprint density at radius 1 is 0.958 bits per heavy atom. The van der Waals surface area contributed by atoms with Crippen LogP contribution in [-0.2, 0) is 16.0 Å². The molecule has 0 bridgehead atoms. The van der Waals surface area contributed by atoms with Gasteiger partial charge >= 0.3 is 5.97 Å². The molecule has 0 aliphatic carbocycles. The molecule has 2 aromatic carbocycles. The van der Waals surface area contributed by atoms with Crippen LogP contribution in [0.4, 0.5) is 0 Å². The van der Waals surface area contributed by atoms with E-state index in [0.717, 1.165) is 16.6 Å². The lowest BCUT2D eigenvalue weighted by Crippen LogP contribution is -2.17. The fourth-order valence-corrected chi connectivity index (χ4v) is 3.45. The molecule has 0 saturated carbocycles. The number of carbonyl (C=O) groups excluding carboxylic acids is 1. The number of hydrogen-bond acceptors (Lipinski definition) is 3. The molecule has 0 spiro atoms. The highest BCUT2D eigenvalue weighted by Gasteiger charge is 2.43. The Bertz CT molecular complexity index is 875. The molecule has 1 fully saturated rings. The minimum Gasteiger partial charge on any atom is -0.455 e. The largest absolute Gasteiger partial charge is 0.455 e. The SMILES string of the molecule is C[C@@H]1C(Cc2ccccc2)C(=O)O[C@H]1c1ccc2ccccc2n1. The second-order valence-electron chi connectivity index (χ2n) is 6.44. The van der Waals surface area contributed by atoms with Gasteiger partial charge in [-0.15, -0.1) is 0 Å². The van der Waals surface area contributed by atoms with Gasteiger partial charge in [0.25, 0.3) is 0 Å². The number of aromatic nitrogens is 1. The van der Waals surface area contributed by atoms with E-state index in [1.54, 1.807) is 0 Å². The van der Waals surface area contributed by atoms with Crippen LogP contribution in [-0.4, -0.2) is 11.0 Å². The molecule has 3 nitrogen and oxygen atoms in total. The topological polar surface area (TPSA) is 39.2 Å². The maximum atomic E-state index is 12.4. The molecule has 120 valence electrons. The van der Waals surface area contributed by atoms with Crippen molar-refractivity contribution in [3.05, 3.63) is 78.0 Å². The summed E-state index contributed by atoms with van der Waals surface area (Å²) in [5.74, 6) is -0.136. The van der Waals surface area contributed by atoms with Gasteiger partial charge in [0.15, 0.2) is 0 Å². The van der Waals surface area contributed by atoms with E-state index in [-0.39, 0.29) is 23.9 Å². The Balaban J connectivity index is 1.61. The van der Waals surface area contributed by atoms with E-state index in [1.807, 2.05) is 54.6 Å². The predicted molar refractivity (Wildman–Crippen MR) is 93.4 cm³/mol. The van der Waals surface area contributed by atoms with Gasteiger partial charge in [-0.05, 0) is 24.1 Å². The first-order valence-electron chi connectivity index (χ1n) is 8.32. The number of benzene rings is 2. The highest BCUT2D eigenvalue weighted by atomic mass is 16.6. The maximum Gasteiger partial charge on any atom is 0.310 e. The van der Waals surface area contributed by atoms with E-state index in [0.29, 0.717) is 6.42 Å². The van der Waals surface area contributed by atoms with E-state index in [1.165, 1.54) is 5.56 Å². The average Bonchev–Trinajstić information content (AvgIpc) is 2.90. The van der Waals surface area contributed by atoms with Crippen LogP contribution in [0.2, 0.25) is 0 Å². The fraction of sp³-hybridized carbons (Fsp3) is 0.238. The highest BCUT2D eigenvalue weighted by molar-refractivity contribution is 5.79. The Hall–Kier alpha value is -2.68. The van der Waals surface area contributed by atoms with Crippen LogP contribution in [0.5, 0.6) is 0 Å². The molecule has 1 aliphatic heterocycles. The lowest BCUT2D eigenvalue weighted by Gasteiger charge is -2.16. The zero-order chi connectivity index (χ0) is 16.5. The highest BCUT2D eigenvalue weighted by Crippen LogP contribution is 2.40. The number of ether oxygens (including phenoxy) is 1. The molecule has 0 N–H and O–H groups in total. The first-order valence-corrected chi connectivity index (χ1v) is 8.32. The number of para-hydroxylation sites is 1. The quantitative estimate of drug-likeness (QED) is 0.675. The summed E-state index contributed by atoms with van der Waals surface area (Å²) in [5, 5.41) is 1.10. The number of nitrogens with zero attached hydrogens (tertiary/aromatic N) is 1. The van der Waals surface area contributed by atoms with Crippen LogP contribution in [0.15, 0.2) is 66.7 Å². The summed E-state index contributed by atoms with van der Waals surface area (Å²) < 4.78 is 5.69. The van der Waals surface area contributed by atoms with Crippen molar-refractivity contribution in [1.29, 1.82) is 0 Å². The lowest BCUT2D eigenvalue weighted by molar-refractivity contribution is -0.144. The van der Waals surface area contributed by atoms with Gasteiger partial charge in [-0.3, -0.25) is 4.79 Å². The number of esters is 1. The van der Waals surface area contributed by atoms with Crippen LogP contribution in [0.3, 0.4) is 0 Å². The third-order valence-electron chi connectivity index (χ3n) is 4.87. The third-order valence-corrected chi connectivity index (χ3v) is 4.87. The summed E-state index contributed by atoms with van der Waals surface area (Å²) in [6, 6.07) is 22.1. The Morgan fingerprint density at radius 3 is 2.54 bits per heavy atom. The summed E-state index contributed by atoms with van der Waals surface area (Å²) in [4.78, 5) is 17.1. The van der Waals surface area contributed by atoms with Crippen molar-refractivity contribution < 1.29 is 9.53 Å². The van der Waals surface area contributed by atoms with Crippen molar-refractivity contribution in [1.82, 2.24) is 4.98 Å². The number of pyridine rings is 1. The van der Waals surface area contributed by atoms with Gasteiger partial charge in [0.05, 0.1) is 17.1 Å². The van der Waals surface area contributed by atoms with Gasteiger partial charge in [0.2, 0.25) is 0 Å². The summed E-state index contributed by atoms with van der Waals surface area (Å²) in [6.07, 6.45) is 0.445. The van der Waals surface area contributed by atoms with E-state index >= 15 is 0 Å². The number of fused-ring (bicyclic) bond motifs is 1. The summed E-state index contributed by atoms with van der Waals surface area (Å²) >= 11 is 0.